The maximum atomic E-state index is 10.5. The Labute approximate surface area is 336 Å². The number of carbonyl (C=O) groups is 2. The molecule has 0 heterocycles. The van der Waals surface area contributed by atoms with Gasteiger partial charge in [-0.3, -0.25) is 9.59 Å². The van der Waals surface area contributed by atoms with E-state index in [2.05, 4.69) is 24.3 Å². The molecule has 0 saturated carbocycles. The number of aliphatic hydroxyl groups is 1. The monoisotopic (exact) mass is 761 g/mol. The Morgan fingerprint density at radius 2 is 0.481 bits per heavy atom. The van der Waals surface area contributed by atoms with E-state index in [1.54, 1.807) is 0 Å². The predicted octanol–water partition coefficient (Wildman–Crippen LogP) is 16.0. The van der Waals surface area contributed by atoms with Gasteiger partial charge in [-0.15, -0.1) is 0 Å². The second kappa shape index (κ2) is 45.8. The molecular formula is C49H92O5. The number of unbranched alkanes of at least 4 members (excludes halogenated alkanes) is 34. The minimum Gasteiger partial charge on any atom is -0.481 e. The molecule has 5 nitrogen and oxygen atoms in total. The Kier molecular flexibility index (Phi) is 44.4. The van der Waals surface area contributed by atoms with E-state index < -0.39 is 11.9 Å². The Morgan fingerprint density at radius 1 is 0.296 bits per heavy atom. The van der Waals surface area contributed by atoms with Crippen molar-refractivity contribution in [3.63, 3.8) is 0 Å². The summed E-state index contributed by atoms with van der Waals surface area (Å²) in [4.78, 5) is 21.0. The van der Waals surface area contributed by atoms with E-state index in [9.17, 15) is 14.7 Å². The molecule has 0 radical (unpaired) electrons. The number of carboxylic acids is 2. The highest BCUT2D eigenvalue weighted by atomic mass is 16.4. The molecule has 318 valence electrons. The first-order chi connectivity index (χ1) is 26.5. The van der Waals surface area contributed by atoms with E-state index in [4.69, 9.17) is 10.2 Å². The molecule has 0 aliphatic heterocycles. The van der Waals surface area contributed by atoms with E-state index >= 15 is 0 Å². The summed E-state index contributed by atoms with van der Waals surface area (Å²) in [7, 11) is 0. The van der Waals surface area contributed by atoms with Crippen LogP contribution in [-0.2, 0) is 9.59 Å². The second-order valence-electron chi connectivity index (χ2n) is 16.6. The van der Waals surface area contributed by atoms with E-state index in [1.807, 2.05) is 0 Å². The van der Waals surface area contributed by atoms with Crippen LogP contribution in [-0.4, -0.2) is 33.4 Å². The summed E-state index contributed by atoms with van der Waals surface area (Å²) in [5.74, 6) is -1.34. The molecule has 0 fully saturated rings. The van der Waals surface area contributed by atoms with Crippen LogP contribution >= 0.6 is 0 Å². The molecule has 0 aromatic heterocycles. The van der Waals surface area contributed by atoms with Gasteiger partial charge in [0.1, 0.15) is 0 Å². The van der Waals surface area contributed by atoms with Crippen LogP contribution in [0.25, 0.3) is 0 Å². The zero-order chi connectivity index (χ0) is 39.3. The smallest absolute Gasteiger partial charge is 0.303 e. The van der Waals surface area contributed by atoms with E-state index in [0.717, 1.165) is 38.5 Å². The van der Waals surface area contributed by atoms with Gasteiger partial charge in [-0.2, -0.15) is 0 Å². The van der Waals surface area contributed by atoms with Gasteiger partial charge in [0.15, 0.2) is 0 Å². The highest BCUT2D eigenvalue weighted by molar-refractivity contribution is 5.66. The molecule has 54 heavy (non-hydrogen) atoms. The standard InChI is InChI=1S/C49H92O5/c50-47(43-39-35-31-27-23-19-15-11-7-3-1-5-9-13-17-21-25-29-33-37-41-45-48(51)52)44-40-36-32-28-24-20-16-12-8-4-2-6-10-14-18-22-26-30-34-38-42-46-49(53)54/h13-14,17-18,47,50H,1-12,15-16,19-46H2,(H,51,52)(H,53,54)/b17-13-,18-14-. The molecule has 0 aromatic carbocycles. The molecule has 3 N–H and O–H groups in total. The molecule has 0 aliphatic rings. The lowest BCUT2D eigenvalue weighted by atomic mass is 10.0. The van der Waals surface area contributed by atoms with Gasteiger partial charge >= 0.3 is 11.9 Å². The minimum absolute atomic E-state index is 0.0737. The van der Waals surface area contributed by atoms with Gasteiger partial charge < -0.3 is 15.3 Å². The van der Waals surface area contributed by atoms with Crippen LogP contribution in [0.4, 0.5) is 0 Å². The molecule has 0 spiro atoms. The highest BCUT2D eigenvalue weighted by Gasteiger charge is 2.04. The average molecular weight is 761 g/mol. The number of hydrogen-bond donors (Lipinski definition) is 3. The fraction of sp³-hybridized carbons (Fsp3) is 0.878. The third-order valence-electron chi connectivity index (χ3n) is 11.2. The molecule has 0 saturated heterocycles. The number of rotatable bonds is 46. The van der Waals surface area contributed by atoms with Crippen molar-refractivity contribution in [2.75, 3.05) is 0 Å². The lowest BCUT2D eigenvalue weighted by Crippen LogP contribution is -2.05. The Balaban J connectivity index is 3.21. The van der Waals surface area contributed by atoms with Crippen LogP contribution in [0.2, 0.25) is 0 Å². The topological polar surface area (TPSA) is 94.8 Å². The molecule has 5 heteroatoms. The lowest BCUT2D eigenvalue weighted by molar-refractivity contribution is -0.138. The average Bonchev–Trinajstić information content (AvgIpc) is 3.15. The van der Waals surface area contributed by atoms with Gasteiger partial charge in [0.25, 0.3) is 0 Å². The third-order valence-corrected chi connectivity index (χ3v) is 11.2. The van der Waals surface area contributed by atoms with Crippen molar-refractivity contribution in [2.24, 2.45) is 0 Å². The summed E-state index contributed by atoms with van der Waals surface area (Å²) >= 11 is 0. The van der Waals surface area contributed by atoms with E-state index in [-0.39, 0.29) is 6.10 Å². The Hall–Kier alpha value is -1.62. The number of hydrogen-bond acceptors (Lipinski definition) is 3. The summed E-state index contributed by atoms with van der Waals surface area (Å²) < 4.78 is 0. The van der Waals surface area contributed by atoms with Gasteiger partial charge in [0.2, 0.25) is 0 Å². The zero-order valence-corrected chi connectivity index (χ0v) is 35.7. The number of aliphatic hydroxyl groups excluding tert-OH is 1. The van der Waals surface area contributed by atoms with Gasteiger partial charge in [0.05, 0.1) is 6.10 Å². The normalized spacial score (nSPS) is 11.9. The van der Waals surface area contributed by atoms with Crippen molar-refractivity contribution in [3.05, 3.63) is 24.3 Å². The van der Waals surface area contributed by atoms with Crippen molar-refractivity contribution >= 4 is 11.9 Å². The summed E-state index contributed by atoms with van der Waals surface area (Å²) in [6.07, 6.45) is 60.3. The summed E-state index contributed by atoms with van der Waals surface area (Å²) in [5.41, 5.74) is 0. The minimum atomic E-state index is -0.668. The summed E-state index contributed by atoms with van der Waals surface area (Å²) in [6.45, 7) is 0. The lowest BCUT2D eigenvalue weighted by Gasteiger charge is -2.10. The van der Waals surface area contributed by atoms with E-state index in [1.165, 1.54) is 218 Å². The van der Waals surface area contributed by atoms with Crippen molar-refractivity contribution < 1.29 is 24.9 Å². The number of carboxylic acid groups (broad SMARTS) is 2. The van der Waals surface area contributed by atoms with Crippen LogP contribution in [0, 0.1) is 0 Å². The van der Waals surface area contributed by atoms with Crippen LogP contribution in [0.5, 0.6) is 0 Å². The predicted molar refractivity (Wildman–Crippen MR) is 233 cm³/mol. The SMILES string of the molecule is O=C(O)CCCCCCC/C=C\CCCCCCCCCCCCCCC(O)CCCCCCCCCCCCCC/C=C\CCCCCCCC(=O)O. The molecule has 0 atom stereocenters. The molecular weight excluding hydrogens is 669 g/mol. The largest absolute Gasteiger partial charge is 0.481 e. The van der Waals surface area contributed by atoms with Crippen molar-refractivity contribution in [3.8, 4) is 0 Å². The molecule has 0 aromatic rings. The van der Waals surface area contributed by atoms with Gasteiger partial charge in [0, 0.05) is 12.8 Å². The second-order valence-corrected chi connectivity index (χ2v) is 16.6. The number of allylic oxidation sites excluding steroid dienone is 4. The Morgan fingerprint density at radius 3 is 0.704 bits per heavy atom. The zero-order valence-electron chi connectivity index (χ0n) is 35.7. The first-order valence-corrected chi connectivity index (χ1v) is 23.9. The summed E-state index contributed by atoms with van der Waals surface area (Å²) in [5, 5.41) is 27.7. The first kappa shape index (κ1) is 52.4. The highest BCUT2D eigenvalue weighted by Crippen LogP contribution is 2.17. The van der Waals surface area contributed by atoms with Crippen LogP contribution in [0.3, 0.4) is 0 Å². The maximum absolute atomic E-state index is 10.5. The van der Waals surface area contributed by atoms with Crippen molar-refractivity contribution in [1.82, 2.24) is 0 Å². The van der Waals surface area contributed by atoms with Gasteiger partial charge in [-0.25, -0.2) is 0 Å². The molecule has 0 bridgehead atoms. The fourth-order valence-corrected chi connectivity index (χ4v) is 7.57. The van der Waals surface area contributed by atoms with Crippen molar-refractivity contribution in [1.29, 1.82) is 0 Å². The molecule has 0 unspecified atom stereocenters. The van der Waals surface area contributed by atoms with Gasteiger partial charge in [-0.05, 0) is 77.0 Å². The Bertz CT molecular complexity index is 755. The first-order valence-electron chi connectivity index (χ1n) is 23.9. The van der Waals surface area contributed by atoms with Gasteiger partial charge in [-0.1, -0.05) is 204 Å². The fourth-order valence-electron chi connectivity index (χ4n) is 7.57. The van der Waals surface area contributed by atoms with Crippen LogP contribution in [0.15, 0.2) is 24.3 Å². The molecule has 0 amide bonds. The van der Waals surface area contributed by atoms with Crippen LogP contribution < -0.4 is 0 Å². The van der Waals surface area contributed by atoms with Crippen molar-refractivity contribution in [2.45, 2.75) is 276 Å². The summed E-state index contributed by atoms with van der Waals surface area (Å²) in [6, 6.07) is 0. The number of aliphatic carboxylic acids is 2. The quantitative estimate of drug-likeness (QED) is 0.0424. The van der Waals surface area contributed by atoms with E-state index in [0.29, 0.717) is 12.8 Å². The maximum Gasteiger partial charge on any atom is 0.303 e. The molecule has 0 rings (SSSR count). The van der Waals surface area contributed by atoms with Crippen LogP contribution in [0.1, 0.15) is 270 Å². The third kappa shape index (κ3) is 48.4. The molecule has 0 aliphatic carbocycles.